The second-order valence-corrected chi connectivity index (χ2v) is 5.39. The van der Waals surface area contributed by atoms with Crippen LogP contribution in [0.3, 0.4) is 0 Å². The fourth-order valence-corrected chi connectivity index (χ4v) is 2.09. The molecule has 0 atom stereocenters. The minimum Gasteiger partial charge on any atom is -0.493 e. The van der Waals surface area contributed by atoms with Crippen LogP contribution < -0.4 is 15.6 Å². The van der Waals surface area contributed by atoms with Gasteiger partial charge in [0, 0.05) is 23.8 Å². The SMILES string of the molecule is Cc1cc(Cl)ccc1OCCCC(=O)NNC(=O)c1cnccn1. The number of hydrogen-bond donors (Lipinski definition) is 2. The summed E-state index contributed by atoms with van der Waals surface area (Å²) in [5, 5.41) is 0.651. The van der Waals surface area contributed by atoms with Crippen molar-refractivity contribution in [2.75, 3.05) is 6.61 Å². The third-order valence-corrected chi connectivity index (χ3v) is 3.29. The Morgan fingerprint density at radius 3 is 2.79 bits per heavy atom. The lowest BCUT2D eigenvalue weighted by Gasteiger charge is -2.10. The van der Waals surface area contributed by atoms with Gasteiger partial charge in [-0.1, -0.05) is 11.6 Å². The Balaban J connectivity index is 1.65. The third-order valence-electron chi connectivity index (χ3n) is 3.05. The first-order valence-corrected chi connectivity index (χ1v) is 7.68. The summed E-state index contributed by atoms with van der Waals surface area (Å²) in [5.41, 5.74) is 5.65. The molecule has 2 amide bonds. The predicted octanol–water partition coefficient (Wildman–Crippen LogP) is 2.06. The third kappa shape index (κ3) is 5.51. The van der Waals surface area contributed by atoms with Gasteiger partial charge in [-0.2, -0.15) is 0 Å². The Kier molecular flexibility index (Phi) is 6.51. The molecule has 0 bridgehead atoms. The second-order valence-electron chi connectivity index (χ2n) is 4.95. The average molecular weight is 349 g/mol. The summed E-state index contributed by atoms with van der Waals surface area (Å²) < 4.78 is 5.59. The lowest BCUT2D eigenvalue weighted by Crippen LogP contribution is -2.42. The van der Waals surface area contributed by atoms with Crippen LogP contribution in [0, 0.1) is 6.92 Å². The zero-order valence-electron chi connectivity index (χ0n) is 13.1. The maximum atomic E-state index is 11.7. The molecule has 1 aromatic carbocycles. The summed E-state index contributed by atoms with van der Waals surface area (Å²) in [6.07, 6.45) is 4.89. The molecule has 1 aromatic heterocycles. The van der Waals surface area contributed by atoms with Crippen LogP contribution in [-0.4, -0.2) is 28.4 Å². The number of nitrogens with zero attached hydrogens (tertiary/aromatic N) is 2. The van der Waals surface area contributed by atoms with Crippen molar-refractivity contribution < 1.29 is 14.3 Å². The molecule has 1 heterocycles. The average Bonchev–Trinajstić information content (AvgIpc) is 2.59. The molecule has 2 aromatic rings. The largest absolute Gasteiger partial charge is 0.493 e. The Bertz CT molecular complexity index is 710. The highest BCUT2D eigenvalue weighted by Crippen LogP contribution is 2.21. The number of hydrazine groups is 1. The zero-order chi connectivity index (χ0) is 17.4. The summed E-state index contributed by atoms with van der Waals surface area (Å²) in [6, 6.07) is 5.35. The van der Waals surface area contributed by atoms with E-state index in [9.17, 15) is 9.59 Å². The van der Waals surface area contributed by atoms with Crippen molar-refractivity contribution in [3.63, 3.8) is 0 Å². The van der Waals surface area contributed by atoms with Gasteiger partial charge in [0.2, 0.25) is 5.91 Å². The highest BCUT2D eigenvalue weighted by atomic mass is 35.5. The number of ether oxygens (including phenoxy) is 1. The van der Waals surface area contributed by atoms with E-state index in [2.05, 4.69) is 20.8 Å². The minimum atomic E-state index is -0.524. The van der Waals surface area contributed by atoms with E-state index in [0.717, 1.165) is 11.3 Å². The van der Waals surface area contributed by atoms with E-state index in [1.165, 1.54) is 18.6 Å². The van der Waals surface area contributed by atoms with Gasteiger partial charge in [-0.15, -0.1) is 0 Å². The van der Waals surface area contributed by atoms with Crippen LogP contribution in [-0.2, 0) is 4.79 Å². The normalized spacial score (nSPS) is 10.1. The molecule has 0 unspecified atom stereocenters. The summed E-state index contributed by atoms with van der Waals surface area (Å²) in [5.74, 6) is -0.107. The van der Waals surface area contributed by atoms with Crippen molar-refractivity contribution >= 4 is 23.4 Å². The van der Waals surface area contributed by atoms with Gasteiger partial charge < -0.3 is 4.74 Å². The molecule has 8 heteroatoms. The maximum Gasteiger partial charge on any atom is 0.289 e. The van der Waals surface area contributed by atoms with Gasteiger partial charge in [-0.25, -0.2) is 4.98 Å². The Morgan fingerprint density at radius 2 is 2.08 bits per heavy atom. The van der Waals surface area contributed by atoms with E-state index in [1.54, 1.807) is 12.1 Å². The summed E-state index contributed by atoms with van der Waals surface area (Å²) in [4.78, 5) is 30.9. The number of carbonyl (C=O) groups excluding carboxylic acids is 2. The van der Waals surface area contributed by atoms with Gasteiger partial charge in [0.25, 0.3) is 5.91 Å². The molecule has 24 heavy (non-hydrogen) atoms. The number of nitrogens with one attached hydrogen (secondary N) is 2. The van der Waals surface area contributed by atoms with E-state index in [-0.39, 0.29) is 18.0 Å². The highest BCUT2D eigenvalue weighted by Gasteiger charge is 2.08. The number of hydrogen-bond acceptors (Lipinski definition) is 5. The van der Waals surface area contributed by atoms with E-state index in [1.807, 2.05) is 13.0 Å². The molecule has 2 N–H and O–H groups in total. The molecule has 0 fully saturated rings. The van der Waals surface area contributed by atoms with Crippen molar-refractivity contribution in [1.29, 1.82) is 0 Å². The smallest absolute Gasteiger partial charge is 0.289 e. The number of benzene rings is 1. The molecule has 7 nitrogen and oxygen atoms in total. The molecule has 126 valence electrons. The first kappa shape index (κ1) is 17.7. The van der Waals surface area contributed by atoms with Crippen LogP contribution in [0.4, 0.5) is 0 Å². The quantitative estimate of drug-likeness (QED) is 0.615. The topological polar surface area (TPSA) is 93.2 Å². The molecule has 0 spiro atoms. The monoisotopic (exact) mass is 348 g/mol. The molecule has 2 rings (SSSR count). The fraction of sp³-hybridized carbons (Fsp3) is 0.250. The van der Waals surface area contributed by atoms with Crippen molar-refractivity contribution in [2.24, 2.45) is 0 Å². The number of aromatic nitrogens is 2. The molecule has 0 aliphatic rings. The summed E-state index contributed by atoms with van der Waals surface area (Å²) in [6.45, 7) is 2.28. The van der Waals surface area contributed by atoms with Gasteiger partial charge >= 0.3 is 0 Å². The van der Waals surface area contributed by atoms with Crippen LogP contribution in [0.5, 0.6) is 5.75 Å². The summed E-state index contributed by atoms with van der Waals surface area (Å²) in [7, 11) is 0. The first-order chi connectivity index (χ1) is 11.6. The highest BCUT2D eigenvalue weighted by molar-refractivity contribution is 6.30. The van der Waals surface area contributed by atoms with Gasteiger partial charge in [-0.3, -0.25) is 25.4 Å². The lowest BCUT2D eigenvalue weighted by atomic mass is 10.2. The molecule has 0 radical (unpaired) electrons. The molecular formula is C16H17ClN4O3. The second kappa shape index (κ2) is 8.83. The van der Waals surface area contributed by atoms with Crippen LogP contribution >= 0.6 is 11.6 Å². The molecule has 0 saturated carbocycles. The van der Waals surface area contributed by atoms with Crippen LogP contribution in [0.1, 0.15) is 28.9 Å². The fourth-order valence-electron chi connectivity index (χ4n) is 1.86. The van der Waals surface area contributed by atoms with E-state index in [4.69, 9.17) is 16.3 Å². The zero-order valence-corrected chi connectivity index (χ0v) is 13.8. The van der Waals surface area contributed by atoms with Gasteiger partial charge in [-0.05, 0) is 37.1 Å². The van der Waals surface area contributed by atoms with E-state index < -0.39 is 5.91 Å². The first-order valence-electron chi connectivity index (χ1n) is 7.30. The molecular weight excluding hydrogens is 332 g/mol. The summed E-state index contributed by atoms with van der Waals surface area (Å²) >= 11 is 5.87. The van der Waals surface area contributed by atoms with Crippen molar-refractivity contribution in [3.8, 4) is 5.75 Å². The number of rotatable bonds is 6. The Morgan fingerprint density at radius 1 is 1.25 bits per heavy atom. The van der Waals surface area contributed by atoms with E-state index in [0.29, 0.717) is 18.1 Å². The standard InChI is InChI=1S/C16H17ClN4O3/c1-11-9-12(17)4-5-14(11)24-8-2-3-15(22)20-21-16(23)13-10-18-6-7-19-13/h4-7,9-10H,2-3,8H2,1H3,(H,20,22)(H,21,23). The number of amides is 2. The van der Waals surface area contributed by atoms with Crippen LogP contribution in [0.2, 0.25) is 5.02 Å². The maximum absolute atomic E-state index is 11.7. The Hall–Kier alpha value is -2.67. The van der Waals surface area contributed by atoms with E-state index >= 15 is 0 Å². The Labute approximate surface area is 144 Å². The van der Waals surface area contributed by atoms with Crippen molar-refractivity contribution in [1.82, 2.24) is 20.8 Å². The van der Waals surface area contributed by atoms with Gasteiger partial charge in [0.1, 0.15) is 11.4 Å². The number of halogens is 1. The van der Waals surface area contributed by atoms with Crippen molar-refractivity contribution in [3.05, 3.63) is 53.1 Å². The number of aryl methyl sites for hydroxylation is 1. The van der Waals surface area contributed by atoms with Gasteiger partial charge in [0.15, 0.2) is 0 Å². The van der Waals surface area contributed by atoms with Gasteiger partial charge in [0.05, 0.1) is 12.8 Å². The van der Waals surface area contributed by atoms with Crippen LogP contribution in [0.25, 0.3) is 0 Å². The minimum absolute atomic E-state index is 0.124. The molecule has 0 saturated heterocycles. The van der Waals surface area contributed by atoms with Crippen LogP contribution in [0.15, 0.2) is 36.8 Å². The lowest BCUT2D eigenvalue weighted by molar-refractivity contribution is -0.122. The molecule has 0 aliphatic carbocycles. The van der Waals surface area contributed by atoms with Crippen molar-refractivity contribution in [2.45, 2.75) is 19.8 Å². The number of carbonyl (C=O) groups is 2. The predicted molar refractivity (Wildman–Crippen MR) is 88.6 cm³/mol. The molecule has 0 aliphatic heterocycles.